The van der Waals surface area contributed by atoms with Crippen molar-refractivity contribution in [2.24, 2.45) is 0 Å². The lowest BCUT2D eigenvalue weighted by molar-refractivity contribution is 0.0247. The smallest absolute Gasteiger partial charge is 0.119 e. The largest absolute Gasteiger partial charge is 0.491 e. The first kappa shape index (κ1) is 24.7. The van der Waals surface area contributed by atoms with Crippen LogP contribution in [0.1, 0.15) is 22.3 Å². The number of aliphatic hydroxyl groups excluding tert-OH is 1. The van der Waals surface area contributed by atoms with Gasteiger partial charge in [-0.3, -0.25) is 0 Å². The van der Waals surface area contributed by atoms with E-state index >= 15 is 0 Å². The van der Waals surface area contributed by atoms with E-state index in [1.165, 1.54) is 22.3 Å². The van der Waals surface area contributed by atoms with E-state index in [4.69, 9.17) is 19.3 Å². The molecule has 0 unspecified atom stereocenters. The van der Waals surface area contributed by atoms with E-state index in [0.29, 0.717) is 33.0 Å². The third kappa shape index (κ3) is 5.98. The number of hydrogen-bond donors (Lipinski definition) is 1. The number of aliphatic hydroxyl groups is 1. The molecule has 0 radical (unpaired) electrons. The van der Waals surface area contributed by atoms with Crippen LogP contribution in [0, 0.1) is 0 Å². The van der Waals surface area contributed by atoms with Crippen LogP contribution in [0.2, 0.25) is 0 Å². The third-order valence-electron chi connectivity index (χ3n) is 6.01. The molecule has 4 heteroatoms. The van der Waals surface area contributed by atoms with Crippen LogP contribution in [0.15, 0.2) is 115 Å². The normalized spacial score (nSPS) is 11.3. The zero-order valence-corrected chi connectivity index (χ0v) is 19.9. The van der Waals surface area contributed by atoms with Gasteiger partial charge in [0.05, 0.1) is 38.4 Å². The minimum atomic E-state index is -0.458. The molecule has 0 atom stereocenters. The standard InChI is InChI=1S/C31H32O4/c32-20-21-33-22-23-34-24-25-35-30-18-16-29(17-19-30)31(26-10-4-1-5-11-26,27-12-6-2-7-13-27)28-14-8-3-9-15-28/h1-19,32H,20-25H2. The van der Waals surface area contributed by atoms with Gasteiger partial charge in [0, 0.05) is 0 Å². The highest BCUT2D eigenvalue weighted by Gasteiger charge is 2.38. The van der Waals surface area contributed by atoms with Crippen molar-refractivity contribution in [3.8, 4) is 5.75 Å². The van der Waals surface area contributed by atoms with E-state index in [9.17, 15) is 0 Å². The highest BCUT2D eigenvalue weighted by atomic mass is 16.5. The zero-order valence-electron chi connectivity index (χ0n) is 19.9. The average Bonchev–Trinajstić information content (AvgIpc) is 2.93. The summed E-state index contributed by atoms with van der Waals surface area (Å²) in [5.74, 6) is 0.803. The van der Waals surface area contributed by atoms with E-state index in [-0.39, 0.29) is 6.61 Å². The van der Waals surface area contributed by atoms with Gasteiger partial charge in [0.25, 0.3) is 0 Å². The number of benzene rings is 4. The molecule has 0 fully saturated rings. The molecule has 4 aromatic rings. The van der Waals surface area contributed by atoms with Crippen molar-refractivity contribution in [1.29, 1.82) is 0 Å². The highest BCUT2D eigenvalue weighted by molar-refractivity contribution is 5.60. The van der Waals surface area contributed by atoms with Crippen molar-refractivity contribution in [1.82, 2.24) is 0 Å². The molecule has 35 heavy (non-hydrogen) atoms. The number of rotatable bonds is 13. The highest BCUT2D eigenvalue weighted by Crippen LogP contribution is 2.45. The van der Waals surface area contributed by atoms with Gasteiger partial charge in [0.2, 0.25) is 0 Å². The zero-order chi connectivity index (χ0) is 24.2. The Morgan fingerprint density at radius 1 is 0.457 bits per heavy atom. The van der Waals surface area contributed by atoms with E-state index in [1.54, 1.807) is 0 Å². The molecule has 0 spiro atoms. The second-order valence-electron chi connectivity index (χ2n) is 8.17. The molecule has 0 heterocycles. The van der Waals surface area contributed by atoms with Crippen molar-refractivity contribution in [2.45, 2.75) is 5.41 Å². The Hall–Kier alpha value is -3.44. The average molecular weight is 469 g/mol. The summed E-state index contributed by atoms with van der Waals surface area (Å²) < 4.78 is 16.6. The fourth-order valence-corrected chi connectivity index (χ4v) is 4.47. The summed E-state index contributed by atoms with van der Waals surface area (Å²) >= 11 is 0. The maximum absolute atomic E-state index is 8.71. The van der Waals surface area contributed by atoms with Crippen molar-refractivity contribution in [3.05, 3.63) is 138 Å². The molecule has 0 aromatic heterocycles. The molecular weight excluding hydrogens is 436 g/mol. The SMILES string of the molecule is OCCOCCOCCOc1ccc(C(c2ccccc2)(c2ccccc2)c2ccccc2)cc1. The first-order valence-corrected chi connectivity index (χ1v) is 12.0. The summed E-state index contributed by atoms with van der Waals surface area (Å²) in [6.07, 6.45) is 0. The summed E-state index contributed by atoms with van der Waals surface area (Å²) in [6.45, 7) is 2.25. The molecule has 0 aliphatic rings. The van der Waals surface area contributed by atoms with Gasteiger partial charge in [-0.1, -0.05) is 103 Å². The maximum atomic E-state index is 8.71. The maximum Gasteiger partial charge on any atom is 0.119 e. The van der Waals surface area contributed by atoms with Crippen LogP contribution in [-0.2, 0) is 14.9 Å². The van der Waals surface area contributed by atoms with Gasteiger partial charge in [0.15, 0.2) is 0 Å². The lowest BCUT2D eigenvalue weighted by Crippen LogP contribution is -2.30. The molecule has 0 bridgehead atoms. The van der Waals surface area contributed by atoms with Gasteiger partial charge in [-0.2, -0.15) is 0 Å². The minimum absolute atomic E-state index is 0.0270. The van der Waals surface area contributed by atoms with Crippen LogP contribution >= 0.6 is 0 Å². The first-order valence-electron chi connectivity index (χ1n) is 12.0. The Morgan fingerprint density at radius 2 is 0.857 bits per heavy atom. The fraction of sp³-hybridized carbons (Fsp3) is 0.226. The summed E-state index contributed by atoms with van der Waals surface area (Å²) in [4.78, 5) is 0. The predicted octanol–water partition coefficient (Wildman–Crippen LogP) is 5.47. The van der Waals surface area contributed by atoms with E-state index in [2.05, 4.69) is 103 Å². The van der Waals surface area contributed by atoms with Gasteiger partial charge in [0.1, 0.15) is 12.4 Å². The summed E-state index contributed by atoms with van der Waals surface area (Å²) in [5.41, 5.74) is 4.35. The Kier molecular flexibility index (Phi) is 9.07. The van der Waals surface area contributed by atoms with Crippen molar-refractivity contribution in [2.75, 3.05) is 39.6 Å². The van der Waals surface area contributed by atoms with Gasteiger partial charge in [-0.05, 0) is 34.4 Å². The second-order valence-corrected chi connectivity index (χ2v) is 8.17. The molecule has 0 amide bonds. The van der Waals surface area contributed by atoms with Crippen molar-refractivity contribution >= 4 is 0 Å². The molecule has 0 saturated carbocycles. The van der Waals surface area contributed by atoms with E-state index in [0.717, 1.165) is 5.75 Å². The Labute approximate surface area is 207 Å². The van der Waals surface area contributed by atoms with Crippen molar-refractivity contribution in [3.63, 3.8) is 0 Å². The molecule has 1 N–H and O–H groups in total. The number of ether oxygens (including phenoxy) is 3. The lowest BCUT2D eigenvalue weighted by atomic mass is 9.65. The van der Waals surface area contributed by atoms with Crippen molar-refractivity contribution < 1.29 is 19.3 Å². The van der Waals surface area contributed by atoms with Gasteiger partial charge in [-0.15, -0.1) is 0 Å². The molecule has 4 rings (SSSR count). The van der Waals surface area contributed by atoms with Crippen LogP contribution in [-0.4, -0.2) is 44.7 Å². The second kappa shape index (κ2) is 12.9. The minimum Gasteiger partial charge on any atom is -0.491 e. The van der Waals surface area contributed by atoms with Gasteiger partial charge < -0.3 is 19.3 Å². The van der Waals surface area contributed by atoms with E-state index < -0.39 is 5.41 Å². The Bertz CT molecular complexity index is 1020. The van der Waals surface area contributed by atoms with Crippen LogP contribution in [0.4, 0.5) is 0 Å². The quantitative estimate of drug-likeness (QED) is 0.209. The Balaban J connectivity index is 1.59. The topological polar surface area (TPSA) is 47.9 Å². The monoisotopic (exact) mass is 468 g/mol. The fourth-order valence-electron chi connectivity index (χ4n) is 4.47. The third-order valence-corrected chi connectivity index (χ3v) is 6.01. The summed E-state index contributed by atoms with van der Waals surface area (Å²) in [5, 5.41) is 8.71. The predicted molar refractivity (Wildman–Crippen MR) is 139 cm³/mol. The molecule has 0 saturated heterocycles. The summed E-state index contributed by atoms with van der Waals surface area (Å²) in [7, 11) is 0. The lowest BCUT2D eigenvalue weighted by Gasteiger charge is -2.36. The molecular formula is C31H32O4. The van der Waals surface area contributed by atoms with Crippen LogP contribution < -0.4 is 4.74 Å². The van der Waals surface area contributed by atoms with Gasteiger partial charge in [-0.25, -0.2) is 0 Å². The first-order chi connectivity index (χ1) is 17.4. The van der Waals surface area contributed by atoms with Gasteiger partial charge >= 0.3 is 0 Å². The van der Waals surface area contributed by atoms with Crippen LogP contribution in [0.5, 0.6) is 5.75 Å². The molecule has 4 nitrogen and oxygen atoms in total. The van der Waals surface area contributed by atoms with E-state index in [1.807, 2.05) is 12.1 Å². The Morgan fingerprint density at radius 3 is 1.31 bits per heavy atom. The number of hydrogen-bond acceptors (Lipinski definition) is 4. The summed E-state index contributed by atoms with van der Waals surface area (Å²) in [6, 6.07) is 40.4. The molecule has 0 aliphatic carbocycles. The molecule has 4 aromatic carbocycles. The van der Waals surface area contributed by atoms with Crippen LogP contribution in [0.3, 0.4) is 0 Å². The molecule has 0 aliphatic heterocycles. The van der Waals surface area contributed by atoms with Crippen LogP contribution in [0.25, 0.3) is 0 Å². The molecule has 180 valence electrons.